The molecule has 1 aliphatic heterocycles. The number of aromatic hydroxyl groups is 2. The first kappa shape index (κ1) is 20.4. The number of rotatable bonds is 6. The zero-order chi connectivity index (χ0) is 21.6. The van der Waals surface area contributed by atoms with Crippen molar-refractivity contribution in [1.82, 2.24) is 15.0 Å². The minimum absolute atomic E-state index is 0.0259. The Morgan fingerprint density at radius 3 is 2.48 bits per heavy atom. The van der Waals surface area contributed by atoms with Crippen LogP contribution in [0.2, 0.25) is 0 Å². The monoisotopic (exact) mass is 421 g/mol. The topological polar surface area (TPSA) is 128 Å². The minimum Gasteiger partial charge on any atom is -0.508 e. The molecule has 3 aromatic rings. The molecule has 1 saturated heterocycles. The number of nitrogens with one attached hydrogen (secondary N) is 2. The summed E-state index contributed by atoms with van der Waals surface area (Å²) in [5.74, 6) is 1.03. The summed E-state index contributed by atoms with van der Waals surface area (Å²) in [5, 5.41) is 26.6. The highest BCUT2D eigenvalue weighted by molar-refractivity contribution is 5.84. The first-order valence-corrected chi connectivity index (χ1v) is 9.80. The number of aryl methyl sites for hydroxylation is 1. The molecule has 31 heavy (non-hydrogen) atoms. The number of phenols is 2. The largest absolute Gasteiger partial charge is 0.508 e. The van der Waals surface area contributed by atoms with E-state index in [1.807, 2.05) is 36.1 Å². The lowest BCUT2D eigenvalue weighted by Gasteiger charge is -2.27. The molecule has 4 rings (SSSR count). The fraction of sp³-hybridized carbons (Fsp3) is 0.238. The third kappa shape index (κ3) is 5.37. The number of hydrogen-bond acceptors (Lipinski definition) is 10. The first-order chi connectivity index (χ1) is 15.1. The number of morpholine rings is 1. The Labute approximate surface area is 179 Å². The van der Waals surface area contributed by atoms with Crippen molar-refractivity contribution in [2.75, 3.05) is 41.9 Å². The molecule has 4 N–H and O–H groups in total. The highest BCUT2D eigenvalue weighted by atomic mass is 16.5. The van der Waals surface area contributed by atoms with E-state index in [4.69, 9.17) is 4.74 Å². The van der Waals surface area contributed by atoms with Crippen LogP contribution in [0.5, 0.6) is 11.5 Å². The van der Waals surface area contributed by atoms with E-state index in [9.17, 15) is 10.2 Å². The quantitative estimate of drug-likeness (QED) is 0.351. The van der Waals surface area contributed by atoms with Crippen LogP contribution in [-0.2, 0) is 4.74 Å². The van der Waals surface area contributed by atoms with Crippen LogP contribution in [0.25, 0.3) is 0 Å². The van der Waals surface area contributed by atoms with Gasteiger partial charge in [0.2, 0.25) is 17.8 Å². The summed E-state index contributed by atoms with van der Waals surface area (Å²) < 4.78 is 5.41. The van der Waals surface area contributed by atoms with E-state index in [1.54, 1.807) is 6.07 Å². The van der Waals surface area contributed by atoms with Gasteiger partial charge in [0.15, 0.2) is 0 Å². The number of aromatic nitrogens is 3. The summed E-state index contributed by atoms with van der Waals surface area (Å²) in [5.41, 5.74) is 5.23. The Bertz CT molecular complexity index is 1070. The SMILES string of the molecule is Cc1ccc(Nc2nc(NN=Cc3ccc(O)cc3O)nc(N3CCOCC3)n2)cc1. The molecule has 10 heteroatoms. The van der Waals surface area contributed by atoms with Gasteiger partial charge >= 0.3 is 0 Å². The average Bonchev–Trinajstić information content (AvgIpc) is 2.77. The molecule has 1 aromatic heterocycles. The molecular weight excluding hydrogens is 398 g/mol. The second-order valence-corrected chi connectivity index (χ2v) is 6.99. The Morgan fingerprint density at radius 2 is 1.74 bits per heavy atom. The van der Waals surface area contributed by atoms with Gasteiger partial charge in [0.1, 0.15) is 11.5 Å². The molecule has 0 radical (unpaired) electrons. The van der Waals surface area contributed by atoms with Crippen molar-refractivity contribution in [3.05, 3.63) is 53.6 Å². The van der Waals surface area contributed by atoms with Crippen molar-refractivity contribution >= 4 is 29.7 Å². The zero-order valence-corrected chi connectivity index (χ0v) is 17.0. The van der Waals surface area contributed by atoms with Crippen LogP contribution in [0.15, 0.2) is 47.6 Å². The van der Waals surface area contributed by atoms with Gasteiger partial charge in [-0.3, -0.25) is 0 Å². The Balaban J connectivity index is 1.57. The highest BCUT2D eigenvalue weighted by Crippen LogP contribution is 2.21. The maximum absolute atomic E-state index is 9.88. The van der Waals surface area contributed by atoms with Crippen molar-refractivity contribution in [2.45, 2.75) is 6.92 Å². The zero-order valence-electron chi connectivity index (χ0n) is 17.0. The molecule has 0 spiro atoms. The predicted octanol–water partition coefficient (Wildman–Crippen LogP) is 2.62. The van der Waals surface area contributed by atoms with Gasteiger partial charge in [0.05, 0.1) is 19.4 Å². The Kier molecular flexibility index (Phi) is 6.08. The maximum atomic E-state index is 9.88. The predicted molar refractivity (Wildman–Crippen MR) is 118 cm³/mol. The lowest BCUT2D eigenvalue weighted by Crippen LogP contribution is -2.37. The molecule has 0 atom stereocenters. The second kappa shape index (κ2) is 9.26. The molecule has 0 unspecified atom stereocenters. The van der Waals surface area contributed by atoms with Gasteiger partial charge in [-0.05, 0) is 31.2 Å². The normalized spacial score (nSPS) is 14.0. The van der Waals surface area contributed by atoms with E-state index in [1.165, 1.54) is 18.3 Å². The van der Waals surface area contributed by atoms with Crippen LogP contribution in [0.3, 0.4) is 0 Å². The Hall–Kier alpha value is -3.92. The fourth-order valence-electron chi connectivity index (χ4n) is 2.94. The summed E-state index contributed by atoms with van der Waals surface area (Å²) in [7, 11) is 0. The molecule has 1 fully saturated rings. The molecule has 0 saturated carbocycles. The first-order valence-electron chi connectivity index (χ1n) is 9.80. The van der Waals surface area contributed by atoms with Gasteiger partial charge in [0, 0.05) is 30.4 Å². The van der Waals surface area contributed by atoms with Gasteiger partial charge in [-0.2, -0.15) is 20.1 Å². The summed E-state index contributed by atoms with van der Waals surface area (Å²) in [6.07, 6.45) is 1.42. The summed E-state index contributed by atoms with van der Waals surface area (Å²) in [6.45, 7) is 4.59. The number of phenolic OH excluding ortho intramolecular Hbond substituents is 2. The number of hydrogen-bond donors (Lipinski definition) is 4. The van der Waals surface area contributed by atoms with Crippen molar-refractivity contribution in [3.63, 3.8) is 0 Å². The third-order valence-corrected chi connectivity index (χ3v) is 4.61. The van der Waals surface area contributed by atoms with Crippen LogP contribution < -0.4 is 15.6 Å². The minimum atomic E-state index is -0.0862. The third-order valence-electron chi connectivity index (χ3n) is 4.61. The van der Waals surface area contributed by atoms with Gasteiger partial charge in [0.25, 0.3) is 0 Å². The Morgan fingerprint density at radius 1 is 1.00 bits per heavy atom. The van der Waals surface area contributed by atoms with E-state index in [2.05, 4.69) is 30.8 Å². The smallest absolute Gasteiger partial charge is 0.250 e. The van der Waals surface area contributed by atoms with Crippen LogP contribution >= 0.6 is 0 Å². The molecule has 0 aliphatic carbocycles. The standard InChI is InChI=1S/C21H23N7O3/c1-14-2-5-16(6-3-14)23-19-24-20(26-21(25-19)28-8-10-31-11-9-28)27-22-13-15-4-7-17(29)12-18(15)30/h2-7,12-13,29-30H,8-11H2,1H3,(H2,23,24,25,26,27). The number of benzene rings is 2. The van der Waals surface area contributed by atoms with Gasteiger partial charge in [-0.25, -0.2) is 5.43 Å². The summed E-state index contributed by atoms with van der Waals surface area (Å²) >= 11 is 0. The molecule has 2 aromatic carbocycles. The van der Waals surface area contributed by atoms with Gasteiger partial charge in [-0.1, -0.05) is 17.7 Å². The van der Waals surface area contributed by atoms with Crippen molar-refractivity contribution in [1.29, 1.82) is 0 Å². The lowest BCUT2D eigenvalue weighted by molar-refractivity contribution is 0.122. The number of ether oxygens (including phenoxy) is 1. The summed E-state index contributed by atoms with van der Waals surface area (Å²) in [4.78, 5) is 15.4. The van der Waals surface area contributed by atoms with Crippen molar-refractivity contribution in [3.8, 4) is 11.5 Å². The molecule has 10 nitrogen and oxygen atoms in total. The molecule has 2 heterocycles. The van der Waals surface area contributed by atoms with Gasteiger partial charge < -0.3 is 25.2 Å². The highest BCUT2D eigenvalue weighted by Gasteiger charge is 2.16. The van der Waals surface area contributed by atoms with E-state index in [0.717, 1.165) is 11.3 Å². The second-order valence-electron chi connectivity index (χ2n) is 6.99. The lowest BCUT2D eigenvalue weighted by atomic mass is 10.2. The summed E-state index contributed by atoms with van der Waals surface area (Å²) in [6, 6.07) is 12.2. The molecule has 1 aliphatic rings. The molecule has 160 valence electrons. The fourth-order valence-corrected chi connectivity index (χ4v) is 2.94. The maximum Gasteiger partial charge on any atom is 0.250 e. The van der Waals surface area contributed by atoms with Crippen molar-refractivity contribution in [2.24, 2.45) is 5.10 Å². The van der Waals surface area contributed by atoms with E-state index in [-0.39, 0.29) is 17.4 Å². The molecule has 0 bridgehead atoms. The van der Waals surface area contributed by atoms with Crippen LogP contribution in [0, 0.1) is 6.92 Å². The van der Waals surface area contributed by atoms with E-state index >= 15 is 0 Å². The molecule has 0 amide bonds. The number of anilines is 4. The average molecular weight is 421 g/mol. The van der Waals surface area contributed by atoms with Crippen LogP contribution in [-0.4, -0.2) is 57.7 Å². The van der Waals surface area contributed by atoms with Crippen molar-refractivity contribution < 1.29 is 14.9 Å². The number of nitrogens with zero attached hydrogens (tertiary/aromatic N) is 5. The van der Waals surface area contributed by atoms with Gasteiger partial charge in [-0.15, -0.1) is 0 Å². The number of hydrazone groups is 1. The molecular formula is C21H23N7O3. The van der Waals surface area contributed by atoms with E-state index in [0.29, 0.717) is 43.8 Å². The van der Waals surface area contributed by atoms with Crippen LogP contribution in [0.4, 0.5) is 23.5 Å². The van der Waals surface area contributed by atoms with E-state index < -0.39 is 0 Å². The van der Waals surface area contributed by atoms with Crippen LogP contribution in [0.1, 0.15) is 11.1 Å².